The van der Waals surface area contributed by atoms with Crippen LogP contribution in [-0.2, 0) is 0 Å². The Bertz CT molecular complexity index is 213. The monoisotopic (exact) mass is 212 g/mol. The molecule has 1 atom stereocenters. The van der Waals surface area contributed by atoms with E-state index < -0.39 is 0 Å². The molecule has 1 aliphatic heterocycles. The molecule has 1 aliphatic rings. The van der Waals surface area contributed by atoms with Crippen molar-refractivity contribution in [1.29, 1.82) is 0 Å². The van der Waals surface area contributed by atoms with E-state index in [1.807, 2.05) is 0 Å². The molecule has 1 unspecified atom stereocenters. The van der Waals surface area contributed by atoms with Gasteiger partial charge in [-0.2, -0.15) is 0 Å². The first-order valence-electron chi connectivity index (χ1n) is 5.83. The van der Waals surface area contributed by atoms with Crippen molar-refractivity contribution in [1.82, 2.24) is 10.2 Å². The van der Waals surface area contributed by atoms with Crippen LogP contribution in [0.3, 0.4) is 0 Å². The summed E-state index contributed by atoms with van der Waals surface area (Å²) in [7, 11) is 2.15. The minimum Gasteiger partial charge on any atom is -0.370 e. The Kier molecular flexibility index (Phi) is 4.88. The highest BCUT2D eigenvalue weighted by molar-refractivity contribution is 5.78. The summed E-state index contributed by atoms with van der Waals surface area (Å²) in [5, 5.41) is 3.29. The quantitative estimate of drug-likeness (QED) is 0.533. The van der Waals surface area contributed by atoms with Gasteiger partial charge >= 0.3 is 0 Å². The van der Waals surface area contributed by atoms with Gasteiger partial charge in [0, 0.05) is 19.1 Å². The molecule has 4 nitrogen and oxygen atoms in total. The van der Waals surface area contributed by atoms with E-state index >= 15 is 0 Å². The summed E-state index contributed by atoms with van der Waals surface area (Å²) in [6.07, 6.45) is 2.44. The number of aliphatic imine (C=N–C) groups is 1. The van der Waals surface area contributed by atoms with Crippen molar-refractivity contribution in [2.24, 2.45) is 16.6 Å². The number of hydrogen-bond donors (Lipinski definition) is 2. The van der Waals surface area contributed by atoms with Gasteiger partial charge in [0.2, 0.25) is 0 Å². The second-order valence-electron chi connectivity index (χ2n) is 4.87. The summed E-state index contributed by atoms with van der Waals surface area (Å²) in [5.41, 5.74) is 5.82. The molecule has 0 saturated carbocycles. The number of likely N-dealkylation sites (tertiary alicyclic amines) is 1. The minimum atomic E-state index is 0.472. The lowest BCUT2D eigenvalue weighted by atomic mass is 10.1. The maximum Gasteiger partial charge on any atom is 0.188 e. The molecule has 1 saturated heterocycles. The lowest BCUT2D eigenvalue weighted by molar-refractivity contribution is 0.240. The summed E-state index contributed by atoms with van der Waals surface area (Å²) in [6.45, 7) is 7.36. The van der Waals surface area contributed by atoms with Gasteiger partial charge in [0.15, 0.2) is 5.96 Å². The normalized spacial score (nSPS) is 24.5. The fourth-order valence-corrected chi connectivity index (χ4v) is 1.82. The Balaban J connectivity index is 2.30. The summed E-state index contributed by atoms with van der Waals surface area (Å²) >= 11 is 0. The van der Waals surface area contributed by atoms with Gasteiger partial charge in [0.05, 0.1) is 0 Å². The largest absolute Gasteiger partial charge is 0.370 e. The fourth-order valence-electron chi connectivity index (χ4n) is 1.82. The first kappa shape index (κ1) is 12.3. The van der Waals surface area contributed by atoms with E-state index in [9.17, 15) is 0 Å². The van der Waals surface area contributed by atoms with Gasteiger partial charge < -0.3 is 16.0 Å². The molecule has 0 radical (unpaired) electrons. The average Bonchev–Trinajstić information content (AvgIpc) is 2.15. The van der Waals surface area contributed by atoms with E-state index in [1.165, 1.54) is 19.4 Å². The molecule has 15 heavy (non-hydrogen) atoms. The molecular weight excluding hydrogens is 188 g/mol. The molecule has 0 bridgehead atoms. The molecule has 0 aromatic rings. The van der Waals surface area contributed by atoms with Crippen molar-refractivity contribution >= 4 is 5.96 Å². The summed E-state index contributed by atoms with van der Waals surface area (Å²) in [5.74, 6) is 1.17. The Hall–Kier alpha value is -0.770. The van der Waals surface area contributed by atoms with Gasteiger partial charge in [-0.3, -0.25) is 4.99 Å². The molecular formula is C11H24N4. The van der Waals surface area contributed by atoms with E-state index in [-0.39, 0.29) is 0 Å². The van der Waals surface area contributed by atoms with Crippen molar-refractivity contribution in [2.45, 2.75) is 32.7 Å². The van der Waals surface area contributed by atoms with E-state index in [0.29, 0.717) is 17.9 Å². The van der Waals surface area contributed by atoms with E-state index in [1.54, 1.807) is 0 Å². The van der Waals surface area contributed by atoms with Gasteiger partial charge in [-0.25, -0.2) is 0 Å². The molecule has 1 fully saturated rings. The SMILES string of the molecule is CC(C)CN=C(N)NC1CCCN(C)C1. The van der Waals surface area contributed by atoms with Gasteiger partial charge in [-0.05, 0) is 32.4 Å². The summed E-state index contributed by atoms with van der Waals surface area (Å²) < 4.78 is 0. The number of hydrogen-bond acceptors (Lipinski definition) is 2. The molecule has 0 amide bonds. The van der Waals surface area contributed by atoms with Crippen molar-refractivity contribution < 1.29 is 0 Å². The van der Waals surface area contributed by atoms with Crippen molar-refractivity contribution in [3.63, 3.8) is 0 Å². The average molecular weight is 212 g/mol. The smallest absolute Gasteiger partial charge is 0.188 e. The number of nitrogens with two attached hydrogens (primary N) is 1. The summed E-state index contributed by atoms with van der Waals surface area (Å²) in [6, 6.07) is 0.472. The Morgan fingerprint density at radius 3 is 2.93 bits per heavy atom. The molecule has 88 valence electrons. The number of piperidine rings is 1. The number of likely N-dealkylation sites (N-methyl/N-ethyl adjacent to an activating group) is 1. The Morgan fingerprint density at radius 1 is 1.60 bits per heavy atom. The van der Waals surface area contributed by atoms with Crippen LogP contribution in [0, 0.1) is 5.92 Å². The third-order valence-electron chi connectivity index (χ3n) is 2.60. The highest BCUT2D eigenvalue weighted by atomic mass is 15.2. The number of nitrogens with zero attached hydrogens (tertiary/aromatic N) is 2. The predicted octanol–water partition coefficient (Wildman–Crippen LogP) is 0.641. The molecule has 3 N–H and O–H groups in total. The standard InChI is InChI=1S/C11H24N4/c1-9(2)7-13-11(12)14-10-5-4-6-15(3)8-10/h9-10H,4-8H2,1-3H3,(H3,12,13,14). The fraction of sp³-hybridized carbons (Fsp3) is 0.909. The molecule has 0 aliphatic carbocycles. The van der Waals surface area contributed by atoms with Gasteiger partial charge in [0.1, 0.15) is 0 Å². The second-order valence-corrected chi connectivity index (χ2v) is 4.87. The lowest BCUT2D eigenvalue weighted by Crippen LogP contribution is -2.48. The molecule has 1 rings (SSSR count). The zero-order chi connectivity index (χ0) is 11.3. The maximum atomic E-state index is 5.82. The van der Waals surface area contributed by atoms with Crippen LogP contribution in [0.15, 0.2) is 4.99 Å². The van der Waals surface area contributed by atoms with Crippen LogP contribution in [0.5, 0.6) is 0 Å². The zero-order valence-corrected chi connectivity index (χ0v) is 10.2. The number of rotatable bonds is 3. The highest BCUT2D eigenvalue weighted by Gasteiger charge is 2.16. The van der Waals surface area contributed by atoms with Crippen LogP contribution >= 0.6 is 0 Å². The second kappa shape index (κ2) is 5.95. The Labute approximate surface area is 92.9 Å². The predicted molar refractivity (Wildman–Crippen MR) is 65.0 cm³/mol. The van der Waals surface area contributed by atoms with Crippen molar-refractivity contribution in [3.8, 4) is 0 Å². The van der Waals surface area contributed by atoms with Gasteiger partial charge in [-0.15, -0.1) is 0 Å². The summed E-state index contributed by atoms with van der Waals surface area (Å²) in [4.78, 5) is 6.64. The van der Waals surface area contributed by atoms with Gasteiger partial charge in [-0.1, -0.05) is 13.8 Å². The Morgan fingerprint density at radius 2 is 2.33 bits per heavy atom. The topological polar surface area (TPSA) is 53.6 Å². The number of nitrogens with one attached hydrogen (secondary N) is 1. The van der Waals surface area contributed by atoms with Crippen LogP contribution in [0.1, 0.15) is 26.7 Å². The first-order valence-corrected chi connectivity index (χ1v) is 5.83. The molecule has 0 spiro atoms. The third-order valence-corrected chi connectivity index (χ3v) is 2.60. The van der Waals surface area contributed by atoms with Crippen LogP contribution < -0.4 is 11.1 Å². The molecule has 0 aromatic heterocycles. The first-order chi connectivity index (χ1) is 7.08. The van der Waals surface area contributed by atoms with Crippen LogP contribution in [0.2, 0.25) is 0 Å². The van der Waals surface area contributed by atoms with E-state index in [4.69, 9.17) is 5.73 Å². The van der Waals surface area contributed by atoms with Crippen LogP contribution in [0.25, 0.3) is 0 Å². The molecule has 0 aromatic carbocycles. The zero-order valence-electron chi connectivity index (χ0n) is 10.2. The van der Waals surface area contributed by atoms with Crippen molar-refractivity contribution in [3.05, 3.63) is 0 Å². The van der Waals surface area contributed by atoms with Gasteiger partial charge in [0.25, 0.3) is 0 Å². The van der Waals surface area contributed by atoms with E-state index in [2.05, 4.69) is 36.1 Å². The van der Waals surface area contributed by atoms with Crippen LogP contribution in [0.4, 0.5) is 0 Å². The van der Waals surface area contributed by atoms with Crippen LogP contribution in [-0.4, -0.2) is 43.6 Å². The number of guanidine groups is 1. The molecule has 4 heteroatoms. The van der Waals surface area contributed by atoms with Crippen molar-refractivity contribution in [2.75, 3.05) is 26.7 Å². The maximum absolute atomic E-state index is 5.82. The van der Waals surface area contributed by atoms with E-state index in [0.717, 1.165) is 13.1 Å². The minimum absolute atomic E-state index is 0.472. The lowest BCUT2D eigenvalue weighted by Gasteiger charge is -2.30. The third kappa shape index (κ3) is 5.02. The highest BCUT2D eigenvalue weighted by Crippen LogP contribution is 2.07. The molecule has 1 heterocycles.